The monoisotopic (exact) mass is 739 g/mol. The summed E-state index contributed by atoms with van der Waals surface area (Å²) in [5.41, 5.74) is 17.8. The molecule has 2 aliphatic rings. The van der Waals surface area contributed by atoms with E-state index in [0.717, 1.165) is 64.7 Å². The molecule has 0 fully saturated rings. The number of rotatable bonds is 4. The molecule has 0 amide bonds. The van der Waals surface area contributed by atoms with Crippen molar-refractivity contribution in [3.63, 3.8) is 0 Å². The van der Waals surface area contributed by atoms with Gasteiger partial charge in [-0.3, -0.25) is 0 Å². The van der Waals surface area contributed by atoms with Crippen molar-refractivity contribution >= 4 is 41.0 Å². The number of hydrogen-bond donors (Lipinski definition) is 0. The van der Waals surface area contributed by atoms with E-state index < -0.39 is 8.07 Å². The van der Waals surface area contributed by atoms with Gasteiger partial charge < -0.3 is 4.42 Å². The number of aryl methyl sites for hydroxylation is 4. The van der Waals surface area contributed by atoms with Gasteiger partial charge in [-0.25, -0.2) is 4.98 Å². The normalized spacial score (nSPS) is 16.8. The van der Waals surface area contributed by atoms with Crippen molar-refractivity contribution < 1.29 is 13.6 Å². The third kappa shape index (κ3) is 5.99. The molecule has 7 aromatic rings. The van der Waals surface area contributed by atoms with Gasteiger partial charge in [-0.1, -0.05) is 82.0 Å². The van der Waals surface area contributed by atoms with Crippen LogP contribution < -0.4 is 14.3 Å². The van der Waals surface area contributed by atoms with E-state index in [1.165, 1.54) is 50.2 Å². The summed E-state index contributed by atoms with van der Waals surface area (Å²) in [7, 11) is -1.66. The van der Waals surface area contributed by atoms with E-state index in [9.17, 15) is 0 Å². The highest BCUT2D eigenvalue weighted by atomic mass is 28.3. The molecule has 276 valence electrons. The summed E-state index contributed by atoms with van der Waals surface area (Å²) in [5.74, 6) is 0.923. The highest BCUT2D eigenvalue weighted by Crippen LogP contribution is 2.46. The van der Waals surface area contributed by atoms with Crippen molar-refractivity contribution in [2.24, 2.45) is 5.92 Å². The molecular formula is C50H53N3OSi+2. The Balaban J connectivity index is 1.24. The first kappa shape index (κ1) is 35.6. The Kier molecular flexibility index (Phi) is 8.58. The van der Waals surface area contributed by atoms with Crippen LogP contribution in [-0.4, -0.2) is 13.1 Å². The van der Waals surface area contributed by atoms with Crippen LogP contribution in [0.3, 0.4) is 0 Å². The number of nitrogens with zero attached hydrogens (tertiary/aromatic N) is 3. The van der Waals surface area contributed by atoms with Crippen LogP contribution >= 0.6 is 0 Å². The zero-order valence-electron chi connectivity index (χ0n) is 33.8. The predicted molar refractivity (Wildman–Crippen MR) is 230 cm³/mol. The van der Waals surface area contributed by atoms with E-state index >= 15 is 0 Å². The first-order valence-electron chi connectivity index (χ1n) is 20.2. The van der Waals surface area contributed by atoms with Crippen molar-refractivity contribution in [3.8, 4) is 33.8 Å². The third-order valence-corrected chi connectivity index (χ3v) is 14.4. The molecule has 5 heteroatoms. The maximum absolute atomic E-state index is 6.92. The van der Waals surface area contributed by atoms with Crippen molar-refractivity contribution in [3.05, 3.63) is 137 Å². The molecule has 2 aliphatic heterocycles. The molecule has 0 radical (unpaired) electrons. The van der Waals surface area contributed by atoms with E-state index in [1.54, 1.807) is 5.19 Å². The Bertz CT molecular complexity index is 2670. The number of hydrogen-bond acceptors (Lipinski definition) is 2. The van der Waals surface area contributed by atoms with E-state index in [4.69, 9.17) is 16.0 Å². The smallest absolute Gasteiger partial charge is 0.227 e. The average molecular weight is 740 g/mol. The van der Waals surface area contributed by atoms with Gasteiger partial charge in [0.1, 0.15) is 0 Å². The van der Waals surface area contributed by atoms with E-state index in [1.807, 2.05) is 0 Å². The third-order valence-electron chi connectivity index (χ3n) is 12.3. The van der Waals surface area contributed by atoms with Gasteiger partial charge >= 0.3 is 0 Å². The Morgan fingerprint density at radius 3 is 2.36 bits per heavy atom. The van der Waals surface area contributed by atoms with Crippen molar-refractivity contribution in [1.29, 1.82) is 0 Å². The number of allylic oxidation sites excluding steroid dienone is 1. The van der Waals surface area contributed by atoms with Gasteiger partial charge in [0.2, 0.25) is 17.1 Å². The van der Waals surface area contributed by atoms with Gasteiger partial charge in [0.05, 0.1) is 25.8 Å². The molecule has 9 rings (SSSR count). The lowest BCUT2D eigenvalue weighted by molar-refractivity contribution is -0.719. The summed E-state index contributed by atoms with van der Waals surface area (Å²) in [6, 6.07) is 31.9. The average Bonchev–Trinajstić information content (AvgIpc) is 3.51. The highest BCUT2D eigenvalue weighted by molar-refractivity contribution is 6.89. The molecule has 0 aliphatic carbocycles. The maximum Gasteiger partial charge on any atom is 0.227 e. The Morgan fingerprint density at radius 2 is 1.60 bits per heavy atom. The summed E-state index contributed by atoms with van der Waals surface area (Å²) in [5, 5.41) is 3.74. The molecule has 6 heterocycles. The van der Waals surface area contributed by atoms with Crippen LogP contribution in [0.5, 0.6) is 0 Å². The fourth-order valence-corrected chi connectivity index (χ4v) is 11.4. The van der Waals surface area contributed by atoms with Gasteiger partial charge in [-0.05, 0) is 105 Å². The molecule has 0 saturated heterocycles. The van der Waals surface area contributed by atoms with E-state index in [2.05, 4.69) is 161 Å². The van der Waals surface area contributed by atoms with Crippen LogP contribution in [0, 0.1) is 26.7 Å². The molecule has 0 N–H and O–H groups in total. The van der Waals surface area contributed by atoms with Crippen LogP contribution in [0.1, 0.15) is 72.0 Å². The Labute approximate surface area is 327 Å². The fourth-order valence-electron chi connectivity index (χ4n) is 9.76. The van der Waals surface area contributed by atoms with Crippen molar-refractivity contribution in [1.82, 2.24) is 4.98 Å². The second kappa shape index (κ2) is 13.3. The standard InChI is InChI=1S/C50H53N3OSi/c1-30(2)25-36-27-45-38-16-11-10-15-37(38)39-20-18-35-19-21-40-41-22-23-42(47-32(4)13-12-14-33(47)5)51-50(41)54-49(40)48(35)43-24-17-31(3)28-52(43)34(6)26-44(39)53(45)29-46(36)55(7,8)9/h10-17,19,21-24,27-30,39,44H,6,18,20,25-26H2,1-5,7-9H3/q+2. The molecule has 3 aromatic carbocycles. The minimum Gasteiger partial charge on any atom is -0.437 e. The first-order chi connectivity index (χ1) is 26.4. The molecule has 0 spiro atoms. The topological polar surface area (TPSA) is 33.8 Å². The van der Waals surface area contributed by atoms with Crippen molar-refractivity contribution in [2.45, 2.75) is 91.9 Å². The van der Waals surface area contributed by atoms with E-state index in [0.29, 0.717) is 17.5 Å². The van der Waals surface area contributed by atoms with Crippen LogP contribution in [-0.2, 0) is 12.8 Å². The zero-order valence-corrected chi connectivity index (χ0v) is 34.8. The molecule has 55 heavy (non-hydrogen) atoms. The lowest BCUT2D eigenvalue weighted by Gasteiger charge is -2.33. The zero-order chi connectivity index (χ0) is 38.3. The minimum absolute atomic E-state index is 0.241. The van der Waals surface area contributed by atoms with Crippen LogP contribution in [0.4, 0.5) is 0 Å². The first-order valence-corrected chi connectivity index (χ1v) is 23.7. The molecule has 2 unspecified atom stereocenters. The Morgan fingerprint density at radius 1 is 0.836 bits per heavy atom. The van der Waals surface area contributed by atoms with E-state index in [-0.39, 0.29) is 6.04 Å². The largest absolute Gasteiger partial charge is 0.437 e. The summed E-state index contributed by atoms with van der Waals surface area (Å²) < 4.78 is 12.0. The minimum atomic E-state index is -1.66. The number of aromatic nitrogens is 3. The van der Waals surface area contributed by atoms with Gasteiger partial charge in [-0.15, -0.1) is 0 Å². The van der Waals surface area contributed by atoms with Gasteiger partial charge in [0.15, 0.2) is 29.7 Å². The van der Waals surface area contributed by atoms with Gasteiger partial charge in [-0.2, -0.15) is 9.13 Å². The summed E-state index contributed by atoms with van der Waals surface area (Å²) in [6.45, 7) is 23.6. The molecule has 2 atom stereocenters. The van der Waals surface area contributed by atoms with Crippen LogP contribution in [0.25, 0.3) is 61.5 Å². The number of furan rings is 1. The lowest BCUT2D eigenvalue weighted by Crippen LogP contribution is -2.54. The summed E-state index contributed by atoms with van der Waals surface area (Å²) >= 11 is 0. The van der Waals surface area contributed by atoms with Crippen molar-refractivity contribution in [2.75, 3.05) is 0 Å². The summed E-state index contributed by atoms with van der Waals surface area (Å²) in [6.07, 6.45) is 8.77. The number of pyridine rings is 3. The molecule has 4 aromatic heterocycles. The highest BCUT2D eigenvalue weighted by Gasteiger charge is 2.44. The fraction of sp³-hybridized carbons (Fsp3) is 0.300. The second-order valence-corrected chi connectivity index (χ2v) is 22.8. The Hall–Kier alpha value is -5.13. The second-order valence-electron chi connectivity index (χ2n) is 17.8. The quantitative estimate of drug-likeness (QED) is 0.133. The van der Waals surface area contributed by atoms with Gasteiger partial charge in [0.25, 0.3) is 0 Å². The van der Waals surface area contributed by atoms with Crippen LogP contribution in [0.15, 0.2) is 108 Å². The number of fused-ring (bicyclic) bond motifs is 13. The van der Waals surface area contributed by atoms with Crippen LogP contribution in [0.2, 0.25) is 19.6 Å². The molecule has 0 saturated carbocycles. The summed E-state index contributed by atoms with van der Waals surface area (Å²) in [4.78, 5) is 5.17. The predicted octanol–water partition coefficient (Wildman–Crippen LogP) is 11.4. The molecular weight excluding hydrogens is 687 g/mol. The SMILES string of the molecule is C=C1CC2C(CCc3ccc4c(oc5nc(-c6c(C)cccc6C)ccc54)c3-c3ccc(C)c[n+]31)c1ccccc1-c1cc(CC(C)C)c([Si](C)(C)C)c[n+]12. The van der Waals surface area contributed by atoms with Gasteiger partial charge in [0, 0.05) is 50.7 Å². The molecule has 0 bridgehead atoms. The maximum atomic E-state index is 6.92. The lowest BCUT2D eigenvalue weighted by atomic mass is 9.77. The molecule has 4 nitrogen and oxygen atoms in total. The number of benzene rings is 3.